The first-order valence-corrected chi connectivity index (χ1v) is 8.38. The van der Waals surface area contributed by atoms with Crippen molar-refractivity contribution in [3.63, 3.8) is 0 Å². The van der Waals surface area contributed by atoms with Crippen molar-refractivity contribution in [2.75, 3.05) is 5.32 Å². The van der Waals surface area contributed by atoms with Crippen molar-refractivity contribution in [1.82, 2.24) is 15.2 Å². The fraction of sp³-hybridized carbons (Fsp3) is 0.211. The van der Waals surface area contributed by atoms with Crippen molar-refractivity contribution in [3.05, 3.63) is 65.0 Å². The number of rotatable bonds is 4. The second-order valence-electron chi connectivity index (χ2n) is 6.18. The number of nitrogens with two attached hydrogens (primary N) is 1. The molecule has 6 nitrogen and oxygen atoms in total. The fourth-order valence-corrected chi connectivity index (χ4v) is 3.13. The van der Waals surface area contributed by atoms with E-state index in [2.05, 4.69) is 26.6 Å². The van der Waals surface area contributed by atoms with E-state index < -0.39 is 0 Å². The largest absolute Gasteiger partial charge is 0.324 e. The number of anilines is 1. The molecule has 0 aliphatic heterocycles. The zero-order valence-corrected chi connectivity index (χ0v) is 13.7. The van der Waals surface area contributed by atoms with E-state index in [0.29, 0.717) is 23.8 Å². The summed E-state index contributed by atoms with van der Waals surface area (Å²) in [4.78, 5) is 16.7. The van der Waals surface area contributed by atoms with Gasteiger partial charge in [0.25, 0.3) is 5.91 Å². The van der Waals surface area contributed by atoms with Crippen molar-refractivity contribution in [1.29, 1.82) is 0 Å². The Kier molecular flexibility index (Phi) is 4.03. The van der Waals surface area contributed by atoms with Gasteiger partial charge in [0.1, 0.15) is 5.82 Å². The van der Waals surface area contributed by atoms with E-state index in [1.807, 2.05) is 36.4 Å². The minimum absolute atomic E-state index is 0.0919. The standard InChI is InChI=1S/C19H19N5O/c20-11-17-22-18(24-23-17)13-6-8-16(9-7-13)21-19(25)15-5-4-12-2-1-3-14(12)10-15/h4-10H,1-3,11,20H2,(H,21,25)(H,22,23,24). The van der Waals surface area contributed by atoms with E-state index in [9.17, 15) is 4.79 Å². The summed E-state index contributed by atoms with van der Waals surface area (Å²) in [5.41, 5.74) is 10.5. The molecule has 1 aliphatic carbocycles. The number of fused-ring (bicyclic) bond motifs is 1. The Morgan fingerprint density at radius 2 is 1.92 bits per heavy atom. The molecule has 25 heavy (non-hydrogen) atoms. The highest BCUT2D eigenvalue weighted by atomic mass is 16.1. The lowest BCUT2D eigenvalue weighted by Crippen LogP contribution is -2.12. The molecule has 1 aliphatic rings. The lowest BCUT2D eigenvalue weighted by Gasteiger charge is -2.07. The topological polar surface area (TPSA) is 96.7 Å². The Labute approximate surface area is 145 Å². The summed E-state index contributed by atoms with van der Waals surface area (Å²) in [6, 6.07) is 13.4. The molecule has 0 radical (unpaired) electrons. The van der Waals surface area contributed by atoms with Crippen LogP contribution in [0.4, 0.5) is 5.69 Å². The van der Waals surface area contributed by atoms with Crippen molar-refractivity contribution >= 4 is 11.6 Å². The number of nitrogens with one attached hydrogen (secondary N) is 2. The van der Waals surface area contributed by atoms with E-state index in [-0.39, 0.29) is 5.91 Å². The number of aryl methyl sites for hydroxylation is 2. The maximum absolute atomic E-state index is 12.5. The Balaban J connectivity index is 1.48. The maximum Gasteiger partial charge on any atom is 0.255 e. The van der Waals surface area contributed by atoms with Gasteiger partial charge in [-0.3, -0.25) is 9.89 Å². The molecule has 0 saturated carbocycles. The first kappa shape index (κ1) is 15.5. The van der Waals surface area contributed by atoms with Crippen LogP contribution in [0.1, 0.15) is 33.7 Å². The molecule has 0 spiro atoms. The van der Waals surface area contributed by atoms with E-state index in [4.69, 9.17) is 5.73 Å². The van der Waals surface area contributed by atoms with Gasteiger partial charge in [-0.25, -0.2) is 4.98 Å². The molecule has 4 rings (SSSR count). The Bertz CT molecular complexity index is 914. The van der Waals surface area contributed by atoms with Crippen LogP contribution in [0.15, 0.2) is 42.5 Å². The molecule has 0 fully saturated rings. The molecule has 1 aromatic heterocycles. The summed E-state index contributed by atoms with van der Waals surface area (Å²) in [6.45, 7) is 0.321. The Morgan fingerprint density at radius 3 is 2.68 bits per heavy atom. The summed E-state index contributed by atoms with van der Waals surface area (Å²) in [5.74, 6) is 1.15. The van der Waals surface area contributed by atoms with Crippen LogP contribution in [0, 0.1) is 0 Å². The summed E-state index contributed by atoms with van der Waals surface area (Å²) in [5, 5.41) is 9.85. The summed E-state index contributed by atoms with van der Waals surface area (Å²) in [7, 11) is 0. The third-order valence-corrected chi connectivity index (χ3v) is 4.49. The van der Waals surface area contributed by atoms with Crippen LogP contribution in [-0.2, 0) is 19.4 Å². The monoisotopic (exact) mass is 333 g/mol. The predicted octanol–water partition coefficient (Wildman–Crippen LogP) is 2.67. The molecule has 1 amide bonds. The predicted molar refractivity (Wildman–Crippen MR) is 96.1 cm³/mol. The third-order valence-electron chi connectivity index (χ3n) is 4.49. The van der Waals surface area contributed by atoms with Crippen LogP contribution < -0.4 is 11.1 Å². The van der Waals surface area contributed by atoms with E-state index in [1.54, 1.807) is 0 Å². The van der Waals surface area contributed by atoms with Gasteiger partial charge in [-0.15, -0.1) is 0 Å². The fourth-order valence-electron chi connectivity index (χ4n) is 3.13. The maximum atomic E-state index is 12.5. The molecule has 126 valence electrons. The van der Waals surface area contributed by atoms with Gasteiger partial charge in [0.05, 0.1) is 6.54 Å². The smallest absolute Gasteiger partial charge is 0.255 e. The quantitative estimate of drug-likeness (QED) is 0.684. The molecule has 3 aromatic rings. The summed E-state index contributed by atoms with van der Waals surface area (Å²) >= 11 is 0. The minimum atomic E-state index is -0.0919. The number of benzene rings is 2. The normalized spacial score (nSPS) is 12.8. The number of aromatic amines is 1. The second-order valence-corrected chi connectivity index (χ2v) is 6.18. The van der Waals surface area contributed by atoms with Crippen molar-refractivity contribution in [3.8, 4) is 11.4 Å². The second kappa shape index (κ2) is 6.49. The lowest BCUT2D eigenvalue weighted by molar-refractivity contribution is 0.102. The van der Waals surface area contributed by atoms with Crippen LogP contribution in [0.3, 0.4) is 0 Å². The highest BCUT2D eigenvalue weighted by Crippen LogP contribution is 2.23. The average molecular weight is 333 g/mol. The van der Waals surface area contributed by atoms with Gasteiger partial charge in [0, 0.05) is 16.8 Å². The molecule has 2 aromatic carbocycles. The Hall–Kier alpha value is -2.99. The van der Waals surface area contributed by atoms with Crippen LogP contribution in [0.5, 0.6) is 0 Å². The van der Waals surface area contributed by atoms with Crippen LogP contribution >= 0.6 is 0 Å². The van der Waals surface area contributed by atoms with Crippen LogP contribution in [0.2, 0.25) is 0 Å². The molecule has 0 bridgehead atoms. The minimum Gasteiger partial charge on any atom is -0.324 e. The Morgan fingerprint density at radius 1 is 1.12 bits per heavy atom. The van der Waals surface area contributed by atoms with E-state index in [1.165, 1.54) is 17.5 Å². The highest BCUT2D eigenvalue weighted by Gasteiger charge is 2.14. The number of H-pyrrole nitrogens is 1. The number of hydrogen-bond donors (Lipinski definition) is 3. The van der Waals surface area contributed by atoms with Crippen LogP contribution in [0.25, 0.3) is 11.4 Å². The molecule has 4 N–H and O–H groups in total. The number of amides is 1. The lowest BCUT2D eigenvalue weighted by atomic mass is 10.1. The first-order valence-electron chi connectivity index (χ1n) is 8.38. The molecular formula is C19H19N5O. The molecule has 0 atom stereocenters. The zero-order chi connectivity index (χ0) is 17.2. The van der Waals surface area contributed by atoms with Gasteiger partial charge >= 0.3 is 0 Å². The van der Waals surface area contributed by atoms with Crippen LogP contribution in [-0.4, -0.2) is 21.1 Å². The van der Waals surface area contributed by atoms with Crippen molar-refractivity contribution in [2.24, 2.45) is 5.73 Å². The van der Waals surface area contributed by atoms with Gasteiger partial charge < -0.3 is 11.1 Å². The number of nitrogens with zero attached hydrogens (tertiary/aromatic N) is 2. The SMILES string of the molecule is NCc1nc(-c2ccc(NC(=O)c3ccc4c(c3)CCC4)cc2)n[nH]1. The van der Waals surface area contributed by atoms with Gasteiger partial charge in [-0.2, -0.15) is 5.10 Å². The molecule has 6 heteroatoms. The molecular weight excluding hydrogens is 314 g/mol. The van der Waals surface area contributed by atoms with Gasteiger partial charge in [-0.1, -0.05) is 6.07 Å². The van der Waals surface area contributed by atoms with Crippen molar-refractivity contribution < 1.29 is 4.79 Å². The zero-order valence-electron chi connectivity index (χ0n) is 13.7. The summed E-state index contributed by atoms with van der Waals surface area (Å²) in [6.07, 6.45) is 3.35. The van der Waals surface area contributed by atoms with Gasteiger partial charge in [0.2, 0.25) is 0 Å². The third kappa shape index (κ3) is 3.16. The average Bonchev–Trinajstić information content (AvgIpc) is 3.30. The van der Waals surface area contributed by atoms with Gasteiger partial charge in [0.15, 0.2) is 5.82 Å². The van der Waals surface area contributed by atoms with E-state index >= 15 is 0 Å². The van der Waals surface area contributed by atoms with Crippen molar-refractivity contribution in [2.45, 2.75) is 25.8 Å². The van der Waals surface area contributed by atoms with Gasteiger partial charge in [-0.05, 0) is 66.8 Å². The highest BCUT2D eigenvalue weighted by molar-refractivity contribution is 6.04. The summed E-state index contributed by atoms with van der Waals surface area (Å²) < 4.78 is 0. The number of carbonyl (C=O) groups excluding carboxylic acids is 1. The number of hydrogen-bond acceptors (Lipinski definition) is 4. The first-order chi connectivity index (χ1) is 12.2. The molecule has 0 saturated heterocycles. The number of aromatic nitrogens is 3. The molecule has 0 unspecified atom stereocenters. The van der Waals surface area contributed by atoms with E-state index in [0.717, 1.165) is 24.1 Å². The number of carbonyl (C=O) groups is 1. The molecule has 1 heterocycles.